The third-order valence-electron chi connectivity index (χ3n) is 8.52. The zero-order chi connectivity index (χ0) is 19.3. The molecule has 2 unspecified atom stereocenters. The molecule has 1 N–H and O–H groups in total. The number of likely N-dealkylation sites (tertiary alicyclic amines) is 1. The van der Waals surface area contributed by atoms with Gasteiger partial charge in [0.15, 0.2) is 11.5 Å². The van der Waals surface area contributed by atoms with E-state index in [0.29, 0.717) is 11.8 Å². The van der Waals surface area contributed by atoms with E-state index in [1.807, 2.05) is 0 Å². The number of hydrogen-bond donors (Lipinski definition) is 1. The van der Waals surface area contributed by atoms with E-state index in [2.05, 4.69) is 34.4 Å². The number of phenols is 1. The molecule has 148 valence electrons. The van der Waals surface area contributed by atoms with Gasteiger partial charge in [0.2, 0.25) is 0 Å². The lowest BCUT2D eigenvalue weighted by Gasteiger charge is -2.70. The number of methoxy groups -OCH3 is 1. The van der Waals surface area contributed by atoms with Gasteiger partial charge in [-0.05, 0) is 50.4 Å². The van der Waals surface area contributed by atoms with Gasteiger partial charge in [-0.2, -0.15) is 0 Å². The zero-order valence-corrected chi connectivity index (χ0v) is 17.2. The lowest BCUT2D eigenvalue weighted by molar-refractivity contribution is -0.196. The van der Waals surface area contributed by atoms with Crippen molar-refractivity contribution in [2.24, 2.45) is 9.78 Å². The predicted molar refractivity (Wildman–Crippen MR) is 108 cm³/mol. The number of piperidine rings is 1. The van der Waals surface area contributed by atoms with Crippen molar-refractivity contribution in [3.8, 4) is 11.5 Å². The maximum absolute atomic E-state index is 10.7. The van der Waals surface area contributed by atoms with Crippen LogP contribution < -0.4 is 4.74 Å². The quantitative estimate of drug-likeness (QED) is 0.791. The predicted octanol–water partition coefficient (Wildman–Crippen LogP) is 2.88. The van der Waals surface area contributed by atoms with E-state index in [1.165, 1.54) is 11.1 Å². The van der Waals surface area contributed by atoms with Crippen LogP contribution in [0.5, 0.6) is 11.5 Å². The van der Waals surface area contributed by atoms with Gasteiger partial charge in [-0.15, -0.1) is 0 Å². The maximum atomic E-state index is 10.7. The number of benzene rings is 1. The van der Waals surface area contributed by atoms with Gasteiger partial charge < -0.3 is 14.6 Å². The molecule has 0 radical (unpaired) electrons. The first-order valence-electron chi connectivity index (χ1n) is 10.4. The third-order valence-corrected chi connectivity index (χ3v) is 8.77. The summed E-state index contributed by atoms with van der Waals surface area (Å²) in [4.78, 5) is 2.67. The van der Waals surface area contributed by atoms with Crippen LogP contribution in [-0.4, -0.2) is 54.0 Å². The van der Waals surface area contributed by atoms with Crippen LogP contribution in [0.4, 0.5) is 0 Å². The molecule has 2 heterocycles. The van der Waals surface area contributed by atoms with Gasteiger partial charge in [-0.1, -0.05) is 25.1 Å². The van der Waals surface area contributed by atoms with Crippen molar-refractivity contribution in [1.29, 1.82) is 0 Å². The molecule has 28 heavy (non-hydrogen) atoms. The molecule has 0 amide bonds. The average molecular weight is 399 g/mol. The highest BCUT2D eigenvalue weighted by atomic mass is 32.1. The SMILES string of the molecule is CCCN1CC[C@]23c4c5ccc(O)c4O[C@H]2C2(OC)C=C[C@@]3(CC2N=S)[C@H]1C5. The molecular formula is C22H26N2O3S. The summed E-state index contributed by atoms with van der Waals surface area (Å²) in [6, 6.07) is 4.19. The van der Waals surface area contributed by atoms with Crippen molar-refractivity contribution < 1.29 is 14.6 Å². The second-order valence-electron chi connectivity index (χ2n) is 9.18. The molecule has 6 aliphatic rings. The second kappa shape index (κ2) is 5.35. The fourth-order valence-electron chi connectivity index (χ4n) is 7.56. The van der Waals surface area contributed by atoms with Gasteiger partial charge in [-0.3, -0.25) is 4.90 Å². The third kappa shape index (κ3) is 1.58. The van der Waals surface area contributed by atoms with Crippen molar-refractivity contribution in [2.75, 3.05) is 20.2 Å². The Balaban J connectivity index is 1.68. The Bertz CT molecular complexity index is 919. The molecule has 7 rings (SSSR count). The summed E-state index contributed by atoms with van der Waals surface area (Å²) in [6.07, 6.45) is 8.44. The average Bonchev–Trinajstić information content (AvgIpc) is 3.08. The molecule has 6 heteroatoms. The van der Waals surface area contributed by atoms with Gasteiger partial charge >= 0.3 is 0 Å². The Morgan fingerprint density at radius 1 is 1.39 bits per heavy atom. The van der Waals surface area contributed by atoms with E-state index in [9.17, 15) is 5.11 Å². The highest BCUT2D eigenvalue weighted by molar-refractivity contribution is 7.47. The highest BCUT2D eigenvalue weighted by Gasteiger charge is 2.79. The number of nitrogens with zero attached hydrogens (tertiary/aromatic N) is 2. The topological polar surface area (TPSA) is 54.3 Å². The van der Waals surface area contributed by atoms with Gasteiger partial charge in [0.05, 0.1) is 5.41 Å². The molecular weight excluding hydrogens is 372 g/mol. The van der Waals surface area contributed by atoms with Crippen LogP contribution in [0, 0.1) is 5.41 Å². The van der Waals surface area contributed by atoms with E-state index in [-0.39, 0.29) is 28.7 Å². The molecule has 2 fully saturated rings. The molecule has 1 aromatic rings. The van der Waals surface area contributed by atoms with E-state index >= 15 is 0 Å². The molecule has 6 atom stereocenters. The van der Waals surface area contributed by atoms with E-state index in [1.54, 1.807) is 13.2 Å². The number of hydrogen-bond acceptors (Lipinski definition) is 6. The first-order chi connectivity index (χ1) is 13.6. The smallest absolute Gasteiger partial charge is 0.165 e. The molecule has 1 aromatic carbocycles. The number of rotatable bonds is 4. The Hall–Kier alpha value is -1.50. The fourth-order valence-corrected chi connectivity index (χ4v) is 7.80. The summed E-state index contributed by atoms with van der Waals surface area (Å²) < 4.78 is 17.1. The minimum atomic E-state index is -0.666. The van der Waals surface area contributed by atoms with Crippen molar-refractivity contribution in [3.63, 3.8) is 0 Å². The molecule has 4 bridgehead atoms. The summed E-state index contributed by atoms with van der Waals surface area (Å²) in [5.74, 6) is 0.911. The van der Waals surface area contributed by atoms with Crippen LogP contribution in [-0.2, 0) is 29.0 Å². The van der Waals surface area contributed by atoms with Gasteiger partial charge in [0, 0.05) is 36.6 Å². The molecule has 0 aromatic heterocycles. The minimum Gasteiger partial charge on any atom is -0.504 e. The highest BCUT2D eigenvalue weighted by Crippen LogP contribution is 2.73. The summed E-state index contributed by atoms with van der Waals surface area (Å²) >= 11 is 5.26. The molecule has 5 nitrogen and oxygen atoms in total. The first-order valence-corrected chi connectivity index (χ1v) is 10.8. The monoisotopic (exact) mass is 398 g/mol. The standard InChI is InChI=1S/C22H26N2O3S/c1-3-9-24-10-8-21-17-13-4-5-14(25)18(17)27-19(21)22(26-2)7-6-20(21,16(24)11-13)12-15(22)23-28/h4-7,15-16,19,25H,3,8-12H2,1-2H3/t15?,16-,19-,20-,21+,22?/m1/s1. The van der Waals surface area contributed by atoms with Crippen LogP contribution in [0.3, 0.4) is 0 Å². The first kappa shape index (κ1) is 17.4. The Morgan fingerprint density at radius 2 is 2.25 bits per heavy atom. The van der Waals surface area contributed by atoms with Crippen molar-refractivity contribution >= 4 is 12.4 Å². The van der Waals surface area contributed by atoms with Gasteiger partial charge in [0.25, 0.3) is 0 Å². The summed E-state index contributed by atoms with van der Waals surface area (Å²) in [7, 11) is 1.74. The number of aromatic hydroxyl groups is 1. The second-order valence-corrected chi connectivity index (χ2v) is 9.39. The molecule has 1 saturated heterocycles. The van der Waals surface area contributed by atoms with Gasteiger partial charge in [0.1, 0.15) is 17.7 Å². The Labute approximate surface area is 170 Å². The molecule has 4 aliphatic carbocycles. The van der Waals surface area contributed by atoms with Crippen molar-refractivity contribution in [3.05, 3.63) is 35.4 Å². The number of phenolic OH excluding ortho intramolecular Hbond substituents is 1. The summed E-state index contributed by atoms with van der Waals surface area (Å²) in [5.41, 5.74) is 1.64. The number of fused-ring (bicyclic) bond motifs is 1. The lowest BCUT2D eigenvalue weighted by atomic mass is 9.38. The normalized spacial score (nSPS) is 44.3. The Kier molecular flexibility index (Phi) is 3.32. The van der Waals surface area contributed by atoms with E-state index in [0.717, 1.165) is 38.8 Å². The lowest BCUT2D eigenvalue weighted by Crippen LogP contribution is -2.80. The molecule has 2 spiro atoms. The van der Waals surface area contributed by atoms with Crippen LogP contribution >= 0.6 is 0 Å². The summed E-state index contributed by atoms with van der Waals surface area (Å²) in [5, 5.41) is 10.7. The van der Waals surface area contributed by atoms with Crippen molar-refractivity contribution in [1.82, 2.24) is 4.90 Å². The van der Waals surface area contributed by atoms with Gasteiger partial charge in [-0.25, -0.2) is 4.36 Å². The molecule has 1 saturated carbocycles. The summed E-state index contributed by atoms with van der Waals surface area (Å²) in [6.45, 7) is 4.41. The minimum absolute atomic E-state index is 0.0790. The van der Waals surface area contributed by atoms with Crippen molar-refractivity contribution in [2.45, 2.75) is 61.8 Å². The van der Waals surface area contributed by atoms with E-state index < -0.39 is 5.60 Å². The van der Waals surface area contributed by atoms with Crippen LogP contribution in [0.1, 0.15) is 37.3 Å². The largest absolute Gasteiger partial charge is 0.504 e. The maximum Gasteiger partial charge on any atom is 0.165 e. The molecule has 2 aliphatic heterocycles. The van der Waals surface area contributed by atoms with Crippen LogP contribution in [0.2, 0.25) is 0 Å². The van der Waals surface area contributed by atoms with Crippen LogP contribution in [0.15, 0.2) is 28.6 Å². The van der Waals surface area contributed by atoms with Crippen LogP contribution in [0.25, 0.3) is 0 Å². The Morgan fingerprint density at radius 3 is 3.00 bits per heavy atom. The number of ether oxygens (including phenoxy) is 2. The zero-order valence-electron chi connectivity index (χ0n) is 16.4. The fraction of sp³-hybridized carbons (Fsp3) is 0.636. The van der Waals surface area contributed by atoms with E-state index in [4.69, 9.17) is 21.9 Å².